The Morgan fingerprint density at radius 3 is 2.21 bits per heavy atom. The molecule has 0 radical (unpaired) electrons. The van der Waals surface area contributed by atoms with Gasteiger partial charge in [0.15, 0.2) is 0 Å². The Morgan fingerprint density at radius 1 is 0.853 bits per heavy atom. The minimum absolute atomic E-state index is 0.0357. The van der Waals surface area contributed by atoms with Crippen molar-refractivity contribution in [2.24, 2.45) is 0 Å². The molecule has 1 aliphatic heterocycles. The topological polar surface area (TPSA) is 102 Å². The normalized spacial score (nSPS) is 17.1. The summed E-state index contributed by atoms with van der Waals surface area (Å²) in [5, 5.41) is 32.0. The highest BCUT2D eigenvalue weighted by Gasteiger charge is 2.47. The van der Waals surface area contributed by atoms with E-state index in [9.17, 15) is 19.8 Å². The number of benzene rings is 4. The molecule has 4 aromatic rings. The molecule has 1 atom stereocenters. The van der Waals surface area contributed by atoms with Gasteiger partial charge < -0.3 is 10.2 Å². The smallest absolute Gasteiger partial charge is 0.300 e. The van der Waals surface area contributed by atoms with E-state index in [0.29, 0.717) is 22.4 Å². The predicted molar refractivity (Wildman–Crippen MR) is 128 cm³/mol. The number of phenols is 1. The second kappa shape index (κ2) is 8.23. The van der Waals surface area contributed by atoms with Crippen LogP contribution in [0.4, 0.5) is 5.69 Å². The summed E-state index contributed by atoms with van der Waals surface area (Å²) in [6.07, 6.45) is 0. The zero-order valence-corrected chi connectivity index (χ0v) is 17.8. The molecule has 1 aliphatic rings. The fourth-order valence-corrected chi connectivity index (χ4v) is 4.26. The molecule has 164 valence electrons. The van der Waals surface area contributed by atoms with Crippen molar-refractivity contribution in [3.05, 3.63) is 113 Å². The lowest BCUT2D eigenvalue weighted by Crippen LogP contribution is -2.29. The zero-order chi connectivity index (χ0) is 23.8. The number of phenolic OH excluding ortho intramolecular Hbond substituents is 1. The summed E-state index contributed by atoms with van der Waals surface area (Å²) < 4.78 is 0. The summed E-state index contributed by atoms with van der Waals surface area (Å²) in [4.78, 5) is 27.7. The monoisotopic (exact) mass is 446 g/mol. The molecule has 2 N–H and O–H groups in total. The van der Waals surface area contributed by atoms with Crippen molar-refractivity contribution in [2.75, 3.05) is 4.90 Å². The van der Waals surface area contributed by atoms with Gasteiger partial charge in [-0.05, 0) is 58.8 Å². The third kappa shape index (κ3) is 3.46. The maximum atomic E-state index is 13.2. The summed E-state index contributed by atoms with van der Waals surface area (Å²) in [6, 6.07) is 26.5. The van der Waals surface area contributed by atoms with Gasteiger partial charge in [0.2, 0.25) is 0 Å². The first kappa shape index (κ1) is 21.0. The van der Waals surface area contributed by atoms with Crippen molar-refractivity contribution in [3.63, 3.8) is 0 Å². The van der Waals surface area contributed by atoms with Crippen molar-refractivity contribution in [3.8, 4) is 11.8 Å². The Labute approximate surface area is 195 Å². The number of anilines is 1. The number of aliphatic hydroxyl groups is 1. The number of amides is 1. The van der Waals surface area contributed by atoms with Crippen LogP contribution in [-0.4, -0.2) is 21.9 Å². The lowest BCUT2D eigenvalue weighted by molar-refractivity contribution is -0.132. The van der Waals surface area contributed by atoms with Crippen molar-refractivity contribution >= 4 is 33.9 Å². The molecule has 1 saturated heterocycles. The van der Waals surface area contributed by atoms with Gasteiger partial charge in [-0.2, -0.15) is 5.26 Å². The third-order valence-electron chi connectivity index (χ3n) is 5.95. The maximum Gasteiger partial charge on any atom is 0.300 e. The van der Waals surface area contributed by atoms with Crippen LogP contribution in [0, 0.1) is 11.3 Å². The molecule has 34 heavy (non-hydrogen) atoms. The number of aliphatic hydroxyl groups excluding tert-OH is 1. The number of hydrogen-bond donors (Lipinski definition) is 2. The average molecular weight is 446 g/mol. The van der Waals surface area contributed by atoms with Gasteiger partial charge in [0.25, 0.3) is 11.7 Å². The van der Waals surface area contributed by atoms with Gasteiger partial charge >= 0.3 is 0 Å². The van der Waals surface area contributed by atoms with Gasteiger partial charge in [0.1, 0.15) is 11.5 Å². The van der Waals surface area contributed by atoms with Gasteiger partial charge in [0.05, 0.1) is 23.2 Å². The van der Waals surface area contributed by atoms with E-state index in [2.05, 4.69) is 0 Å². The first-order valence-corrected chi connectivity index (χ1v) is 10.6. The SMILES string of the molecule is N#Cc1ccc(N2C(=O)C(=O)/C(=C(\O)c3ccc4ccccc4c3)C2c2ccc(O)cc2)cc1. The van der Waals surface area contributed by atoms with Crippen LogP contribution in [0.3, 0.4) is 0 Å². The standard InChI is InChI=1S/C28H18N2O4/c29-16-17-5-11-22(12-6-17)30-25(19-9-13-23(31)14-10-19)24(27(33)28(30)34)26(32)21-8-7-18-3-1-2-4-20(18)15-21/h1-15,25,31-32H/b26-24-. The van der Waals surface area contributed by atoms with Crippen molar-refractivity contribution in [1.82, 2.24) is 0 Å². The van der Waals surface area contributed by atoms with Crippen LogP contribution >= 0.6 is 0 Å². The highest BCUT2D eigenvalue weighted by molar-refractivity contribution is 6.51. The fourth-order valence-electron chi connectivity index (χ4n) is 4.26. The number of Topliss-reactive ketones (excluding diaryl/α,β-unsaturated/α-hetero) is 1. The highest BCUT2D eigenvalue weighted by atomic mass is 16.3. The molecule has 4 aromatic carbocycles. The van der Waals surface area contributed by atoms with Crippen LogP contribution in [0.1, 0.15) is 22.7 Å². The Morgan fingerprint density at radius 2 is 1.53 bits per heavy atom. The molecule has 1 heterocycles. The number of nitriles is 1. The minimum atomic E-state index is -0.917. The summed E-state index contributed by atoms with van der Waals surface area (Å²) in [5.74, 6) is -1.84. The Balaban J connectivity index is 1.71. The summed E-state index contributed by atoms with van der Waals surface area (Å²) in [5.41, 5.74) is 1.74. The van der Waals surface area contributed by atoms with Crippen LogP contribution in [0.5, 0.6) is 5.75 Å². The number of rotatable bonds is 3. The Bertz CT molecular complexity index is 1510. The number of hydrogen-bond acceptors (Lipinski definition) is 5. The molecule has 1 fully saturated rings. The van der Waals surface area contributed by atoms with Crippen LogP contribution < -0.4 is 4.90 Å². The summed E-state index contributed by atoms with van der Waals surface area (Å²) in [7, 11) is 0. The van der Waals surface area contributed by atoms with Gasteiger partial charge in [-0.1, -0.05) is 48.5 Å². The van der Waals surface area contributed by atoms with Gasteiger partial charge in [-0.3, -0.25) is 14.5 Å². The molecule has 0 aliphatic carbocycles. The molecular weight excluding hydrogens is 428 g/mol. The van der Waals surface area contributed by atoms with E-state index in [4.69, 9.17) is 5.26 Å². The van der Waals surface area contributed by atoms with Crippen molar-refractivity contribution < 1.29 is 19.8 Å². The molecule has 1 amide bonds. The molecule has 0 aromatic heterocycles. The molecule has 0 spiro atoms. The van der Waals surface area contributed by atoms with Gasteiger partial charge in [-0.15, -0.1) is 0 Å². The summed E-state index contributed by atoms with van der Waals surface area (Å²) >= 11 is 0. The largest absolute Gasteiger partial charge is 0.508 e. The van der Waals surface area contributed by atoms with E-state index in [1.54, 1.807) is 48.5 Å². The zero-order valence-electron chi connectivity index (χ0n) is 17.8. The Hall–Kier alpha value is -4.89. The number of carbonyl (C=O) groups excluding carboxylic acids is 2. The number of ketones is 1. The molecule has 6 heteroatoms. The second-order valence-electron chi connectivity index (χ2n) is 7.98. The molecule has 6 nitrogen and oxygen atoms in total. The number of fused-ring (bicyclic) bond motifs is 1. The third-order valence-corrected chi connectivity index (χ3v) is 5.95. The van der Waals surface area contributed by atoms with Crippen LogP contribution in [0.25, 0.3) is 16.5 Å². The van der Waals surface area contributed by atoms with E-state index < -0.39 is 17.7 Å². The highest BCUT2D eigenvalue weighted by Crippen LogP contribution is 2.42. The first-order chi connectivity index (χ1) is 16.5. The Kier molecular flexibility index (Phi) is 5.08. The lowest BCUT2D eigenvalue weighted by Gasteiger charge is -2.25. The average Bonchev–Trinajstić information content (AvgIpc) is 3.14. The maximum absolute atomic E-state index is 13.2. The van der Waals surface area contributed by atoms with E-state index in [0.717, 1.165) is 10.8 Å². The molecule has 0 saturated carbocycles. The summed E-state index contributed by atoms with van der Waals surface area (Å²) in [6.45, 7) is 0. The van der Waals surface area contributed by atoms with E-state index in [1.165, 1.54) is 17.0 Å². The van der Waals surface area contributed by atoms with Gasteiger partial charge in [-0.25, -0.2) is 0 Å². The van der Waals surface area contributed by atoms with Gasteiger partial charge in [0, 0.05) is 11.3 Å². The van der Waals surface area contributed by atoms with Crippen molar-refractivity contribution in [1.29, 1.82) is 5.26 Å². The van der Waals surface area contributed by atoms with Crippen LogP contribution in [0.2, 0.25) is 0 Å². The molecule has 5 rings (SSSR count). The number of aromatic hydroxyl groups is 1. The van der Waals surface area contributed by atoms with E-state index in [1.807, 2.05) is 36.4 Å². The lowest BCUT2D eigenvalue weighted by atomic mass is 9.94. The predicted octanol–water partition coefficient (Wildman–Crippen LogP) is 5.04. The second-order valence-corrected chi connectivity index (χ2v) is 7.98. The van der Waals surface area contributed by atoms with Crippen LogP contribution in [-0.2, 0) is 9.59 Å². The van der Waals surface area contributed by atoms with E-state index in [-0.39, 0.29) is 17.1 Å². The van der Waals surface area contributed by atoms with E-state index >= 15 is 0 Å². The quantitative estimate of drug-likeness (QED) is 0.261. The molecular formula is C28H18N2O4. The van der Waals surface area contributed by atoms with Crippen molar-refractivity contribution in [2.45, 2.75) is 6.04 Å². The van der Waals surface area contributed by atoms with Crippen LogP contribution in [0.15, 0.2) is 96.6 Å². The first-order valence-electron chi connectivity index (χ1n) is 10.6. The fraction of sp³-hybridized carbons (Fsp3) is 0.0357. The number of nitrogens with zero attached hydrogens (tertiary/aromatic N) is 2. The number of carbonyl (C=O) groups is 2. The molecule has 1 unspecified atom stereocenters. The molecule has 0 bridgehead atoms. The minimum Gasteiger partial charge on any atom is -0.508 e.